The zero-order valence-electron chi connectivity index (χ0n) is 16.1. The summed E-state index contributed by atoms with van der Waals surface area (Å²) in [6, 6.07) is 11.1. The van der Waals surface area contributed by atoms with E-state index in [2.05, 4.69) is 21.0 Å². The second-order valence-corrected chi connectivity index (χ2v) is 8.17. The molecular weight excluding hydrogens is 474 g/mol. The molecule has 0 aliphatic carbocycles. The van der Waals surface area contributed by atoms with E-state index in [1.54, 1.807) is 56.3 Å². The molecule has 2 aromatic rings. The number of fused-ring (bicyclic) bond motifs is 1. The van der Waals surface area contributed by atoms with Crippen molar-refractivity contribution in [3.8, 4) is 0 Å². The Morgan fingerprint density at radius 3 is 2.53 bits per heavy atom. The summed E-state index contributed by atoms with van der Waals surface area (Å²) in [5.41, 5.74) is 1.50. The van der Waals surface area contributed by atoms with Crippen molar-refractivity contribution in [3.05, 3.63) is 57.5 Å². The fourth-order valence-electron chi connectivity index (χ4n) is 3.67. The predicted molar refractivity (Wildman–Crippen MR) is 117 cm³/mol. The molecule has 2 aromatic carbocycles. The molecule has 2 aliphatic rings. The Balaban J connectivity index is 1.82. The van der Waals surface area contributed by atoms with E-state index in [4.69, 9.17) is 16.3 Å². The normalized spacial score (nSPS) is 20.5. The van der Waals surface area contributed by atoms with E-state index in [1.165, 1.54) is 5.01 Å². The van der Waals surface area contributed by atoms with Gasteiger partial charge in [0.15, 0.2) is 5.71 Å². The van der Waals surface area contributed by atoms with Gasteiger partial charge in [-0.25, -0.2) is 9.69 Å². The second kappa shape index (κ2) is 7.85. The number of halogens is 2. The molecule has 0 unspecified atom stereocenters. The summed E-state index contributed by atoms with van der Waals surface area (Å²) in [5, 5.41) is 6.18. The molecule has 0 spiro atoms. The number of anilines is 2. The molecule has 0 N–H and O–H groups in total. The van der Waals surface area contributed by atoms with Gasteiger partial charge in [0, 0.05) is 9.50 Å². The second-order valence-electron chi connectivity index (χ2n) is 6.85. The lowest BCUT2D eigenvalue weighted by Crippen LogP contribution is -2.39. The molecule has 0 bridgehead atoms. The maximum absolute atomic E-state index is 13.4. The maximum Gasteiger partial charge on any atom is 0.355 e. The summed E-state index contributed by atoms with van der Waals surface area (Å²) in [6.07, 6.45) is 0. The molecule has 9 heteroatoms. The zero-order valence-corrected chi connectivity index (χ0v) is 18.5. The van der Waals surface area contributed by atoms with Gasteiger partial charge in [-0.1, -0.05) is 33.6 Å². The molecule has 1 saturated heterocycles. The Hall–Kier alpha value is -2.71. The van der Waals surface area contributed by atoms with Crippen LogP contribution >= 0.6 is 27.5 Å². The molecule has 2 aliphatic heterocycles. The monoisotopic (exact) mass is 489 g/mol. The highest BCUT2D eigenvalue weighted by Gasteiger charge is 2.59. The van der Waals surface area contributed by atoms with E-state index >= 15 is 0 Å². The zero-order chi connectivity index (χ0) is 21.6. The van der Waals surface area contributed by atoms with Crippen LogP contribution in [0.25, 0.3) is 0 Å². The fourth-order valence-corrected chi connectivity index (χ4v) is 4.11. The van der Waals surface area contributed by atoms with Gasteiger partial charge in [0.1, 0.15) is 12.0 Å². The van der Waals surface area contributed by atoms with E-state index in [0.717, 1.165) is 9.37 Å². The van der Waals surface area contributed by atoms with Gasteiger partial charge < -0.3 is 4.74 Å². The summed E-state index contributed by atoms with van der Waals surface area (Å²) in [6.45, 7) is 3.53. The average Bonchev–Trinajstić information content (AvgIpc) is 3.23. The molecule has 30 heavy (non-hydrogen) atoms. The van der Waals surface area contributed by atoms with Gasteiger partial charge in [0.25, 0.3) is 5.91 Å². The van der Waals surface area contributed by atoms with Crippen LogP contribution in [0.3, 0.4) is 0 Å². The van der Waals surface area contributed by atoms with Crippen molar-refractivity contribution >= 4 is 62.4 Å². The summed E-state index contributed by atoms with van der Waals surface area (Å²) in [7, 11) is 0. The van der Waals surface area contributed by atoms with Crippen molar-refractivity contribution in [2.24, 2.45) is 11.0 Å². The summed E-state index contributed by atoms with van der Waals surface area (Å²) < 4.78 is 5.95. The lowest BCUT2D eigenvalue weighted by atomic mass is 9.98. The largest absolute Gasteiger partial charge is 0.461 e. The minimum absolute atomic E-state index is 0.0784. The van der Waals surface area contributed by atoms with Crippen LogP contribution in [0.4, 0.5) is 11.4 Å². The molecule has 0 saturated carbocycles. The van der Waals surface area contributed by atoms with Crippen molar-refractivity contribution in [2.45, 2.75) is 19.9 Å². The number of ether oxygens (including phenoxy) is 1. The molecular formula is C21H17BrClN3O4. The van der Waals surface area contributed by atoms with Crippen LogP contribution in [0.2, 0.25) is 5.02 Å². The number of hydrogen-bond acceptors (Lipinski definition) is 6. The third-order valence-corrected chi connectivity index (χ3v) is 6.04. The Bertz CT molecular complexity index is 1090. The lowest BCUT2D eigenvalue weighted by molar-refractivity contribution is -0.136. The van der Waals surface area contributed by atoms with Gasteiger partial charge in [-0.05, 0) is 55.8 Å². The molecule has 0 radical (unpaired) electrons. The third kappa shape index (κ3) is 3.20. The highest BCUT2D eigenvalue weighted by atomic mass is 79.9. The van der Waals surface area contributed by atoms with Crippen LogP contribution in [-0.4, -0.2) is 36.1 Å². The minimum Gasteiger partial charge on any atom is -0.461 e. The third-order valence-electron chi connectivity index (χ3n) is 5.10. The quantitative estimate of drug-likeness (QED) is 0.482. The molecule has 2 atom stereocenters. The van der Waals surface area contributed by atoms with Crippen LogP contribution in [0.1, 0.15) is 12.5 Å². The van der Waals surface area contributed by atoms with Gasteiger partial charge in [-0.15, -0.1) is 0 Å². The molecule has 7 nitrogen and oxygen atoms in total. The van der Waals surface area contributed by atoms with Gasteiger partial charge in [-0.3, -0.25) is 14.6 Å². The number of amides is 2. The first kappa shape index (κ1) is 20.6. The first-order valence-corrected chi connectivity index (χ1v) is 10.5. The first-order chi connectivity index (χ1) is 14.3. The average molecular weight is 491 g/mol. The summed E-state index contributed by atoms with van der Waals surface area (Å²) in [4.78, 5) is 40.4. The smallest absolute Gasteiger partial charge is 0.355 e. The SMILES string of the molecule is CCOC(=O)C1=NN(c2ccc(Br)cc2)[C@H]2C(=O)N(c3cccc(Cl)c3C)C(=O)[C@H]12. The number of rotatable bonds is 4. The number of carbonyl (C=O) groups excluding carboxylic acids is 3. The number of esters is 1. The molecule has 4 rings (SSSR count). The number of nitrogens with zero attached hydrogens (tertiary/aromatic N) is 3. The standard InChI is InChI=1S/C21H17BrClN3O4/c1-3-30-21(29)17-16-18(26(24-17)13-9-7-12(22)8-10-13)20(28)25(19(16)27)15-6-4-5-14(23)11(15)2/h4-10,16,18H,3H2,1-2H3/t16-,18-/m1/s1. The Morgan fingerprint density at radius 2 is 1.87 bits per heavy atom. The van der Waals surface area contributed by atoms with E-state index in [0.29, 0.717) is 22.0 Å². The Kier molecular flexibility index (Phi) is 5.38. The van der Waals surface area contributed by atoms with E-state index in [9.17, 15) is 14.4 Å². The molecule has 2 amide bonds. The van der Waals surface area contributed by atoms with Crippen molar-refractivity contribution in [1.82, 2.24) is 0 Å². The molecule has 0 aromatic heterocycles. The Labute approximate surface area is 186 Å². The summed E-state index contributed by atoms with van der Waals surface area (Å²) >= 11 is 9.58. The number of imide groups is 1. The van der Waals surface area contributed by atoms with Crippen LogP contribution in [0, 0.1) is 12.8 Å². The van der Waals surface area contributed by atoms with Crippen LogP contribution in [-0.2, 0) is 19.1 Å². The van der Waals surface area contributed by atoms with Gasteiger partial charge in [0.05, 0.1) is 18.0 Å². The molecule has 1 fully saturated rings. The van der Waals surface area contributed by atoms with Gasteiger partial charge in [0.2, 0.25) is 5.91 Å². The topological polar surface area (TPSA) is 79.3 Å². The molecule has 154 valence electrons. The molecule has 2 heterocycles. The van der Waals surface area contributed by atoms with E-state index in [-0.39, 0.29) is 12.3 Å². The van der Waals surface area contributed by atoms with Gasteiger partial charge >= 0.3 is 5.97 Å². The number of carbonyl (C=O) groups is 3. The van der Waals surface area contributed by atoms with Crippen LogP contribution in [0.15, 0.2) is 52.0 Å². The summed E-state index contributed by atoms with van der Waals surface area (Å²) in [5.74, 6) is -2.76. The highest BCUT2D eigenvalue weighted by Crippen LogP contribution is 2.40. The predicted octanol–water partition coefficient (Wildman–Crippen LogP) is 3.71. The first-order valence-electron chi connectivity index (χ1n) is 9.28. The fraction of sp³-hybridized carbons (Fsp3) is 0.238. The van der Waals surface area contributed by atoms with Crippen molar-refractivity contribution < 1.29 is 19.1 Å². The maximum atomic E-state index is 13.4. The minimum atomic E-state index is -1.06. The van der Waals surface area contributed by atoms with Crippen molar-refractivity contribution in [2.75, 3.05) is 16.5 Å². The van der Waals surface area contributed by atoms with E-state index < -0.39 is 29.7 Å². The van der Waals surface area contributed by atoms with E-state index in [1.807, 2.05) is 0 Å². The van der Waals surface area contributed by atoms with Crippen LogP contribution < -0.4 is 9.91 Å². The number of benzene rings is 2. The highest BCUT2D eigenvalue weighted by molar-refractivity contribution is 9.10. The number of hydrogen-bond donors (Lipinski definition) is 0. The van der Waals surface area contributed by atoms with Gasteiger partial charge in [-0.2, -0.15) is 5.10 Å². The Morgan fingerprint density at radius 1 is 1.17 bits per heavy atom. The van der Waals surface area contributed by atoms with Crippen LogP contribution in [0.5, 0.6) is 0 Å². The van der Waals surface area contributed by atoms with Crippen molar-refractivity contribution in [1.29, 1.82) is 0 Å². The lowest BCUT2D eigenvalue weighted by Gasteiger charge is -2.23. The van der Waals surface area contributed by atoms with Crippen molar-refractivity contribution in [3.63, 3.8) is 0 Å². The number of hydrazone groups is 1.